The zero-order valence-electron chi connectivity index (χ0n) is 81.4. The molecule has 0 aliphatic carbocycles. The Morgan fingerprint density at radius 2 is 0.431 bits per heavy atom. The average molecular weight is 1750 g/mol. The van der Waals surface area contributed by atoms with Crippen molar-refractivity contribution in [3.05, 3.63) is 0 Å². The predicted molar refractivity (Wildman–Crippen MR) is 456 cm³/mol. The number of nitrogens with zero attached hydrogens (tertiary/aromatic N) is 6. The Morgan fingerprint density at radius 3 is 0.585 bits per heavy atom. The van der Waals surface area contributed by atoms with E-state index in [-0.39, 0.29) is 65.3 Å². The highest BCUT2D eigenvalue weighted by Crippen LogP contribution is 2.48. The Hall–Kier alpha value is -5.84. The highest BCUT2D eigenvalue weighted by molar-refractivity contribution is 5.70. The van der Waals surface area contributed by atoms with Crippen LogP contribution in [0.15, 0.2) is 0 Å². The van der Waals surface area contributed by atoms with Gasteiger partial charge in [0, 0.05) is 167 Å². The maximum atomic E-state index is 14.4. The van der Waals surface area contributed by atoms with Gasteiger partial charge in [-0.05, 0) is 221 Å². The Balaban J connectivity index is 0.898. The molecule has 0 radical (unpaired) electrons. The van der Waals surface area contributed by atoms with Crippen LogP contribution in [0.2, 0.25) is 0 Å². The van der Waals surface area contributed by atoms with Crippen LogP contribution in [0.1, 0.15) is 309 Å². The molecule has 0 aromatic heterocycles. The van der Waals surface area contributed by atoms with Crippen LogP contribution in [0.4, 0.5) is 28.8 Å². The van der Waals surface area contributed by atoms with E-state index < -0.39 is 206 Å². The molecule has 0 N–H and O–H groups in total. The molecule has 8 fully saturated rings. The van der Waals surface area contributed by atoms with Gasteiger partial charge < -0.3 is 85.3 Å². The SMILES string of the molecule is CN1C(C)(C)CC(OC(=O)OC(CCCC(=O)OCC(C)(C)C2OCC3(CO2)COC(C(C)(C)COC(=O)CCCC(OC(=O)OC2CC(C)(C)N(C)C(C)(C)C2)(OC(=O)OC2CC(C)(C)N(C)C(C)(C)C2)OC(=O)OC2CC(C)(C)N(C)C(C)(C)C2)OC3)(OC(=O)OC2CC(C)(C)N(C)C(C)(C)C2)OC(=O)OC2CC(C)(C)N(C)C(C)(C)C2)CC1(C)C. The fourth-order valence-electron chi connectivity index (χ4n) is 20.3. The van der Waals surface area contributed by atoms with Gasteiger partial charge >= 0.3 is 60.8 Å². The van der Waals surface area contributed by atoms with Crippen molar-refractivity contribution in [2.75, 3.05) is 81.9 Å². The van der Waals surface area contributed by atoms with Crippen molar-refractivity contribution < 1.29 is 124 Å². The summed E-state index contributed by atoms with van der Waals surface area (Å²) >= 11 is 0. The molecular weight excluding hydrogens is 1590 g/mol. The van der Waals surface area contributed by atoms with E-state index in [2.05, 4.69) is 29.4 Å². The fraction of sp³-hybridized carbons (Fsp3) is 0.912. The van der Waals surface area contributed by atoms with E-state index in [0.29, 0.717) is 77.0 Å². The summed E-state index contributed by atoms with van der Waals surface area (Å²) in [5, 5.41) is 0. The number of esters is 2. The number of hydrogen-bond donors (Lipinski definition) is 0. The first-order chi connectivity index (χ1) is 55.8. The minimum Gasteiger partial charge on any atom is -0.465 e. The van der Waals surface area contributed by atoms with E-state index >= 15 is 0 Å². The number of ether oxygens (including phenoxy) is 18. The fourth-order valence-corrected chi connectivity index (χ4v) is 20.3. The third-order valence-corrected chi connectivity index (χ3v) is 29.0. The average Bonchev–Trinajstić information content (AvgIpc) is 0.777. The Labute approximate surface area is 733 Å². The maximum Gasteiger partial charge on any atom is 0.514 e. The molecule has 0 unspecified atom stereocenters. The van der Waals surface area contributed by atoms with E-state index in [4.69, 9.17) is 85.3 Å². The van der Waals surface area contributed by atoms with Gasteiger partial charge in [0.15, 0.2) is 12.6 Å². The molecule has 8 aliphatic rings. The molecule has 1 spiro atoms. The second-order valence-electron chi connectivity index (χ2n) is 45.9. The molecule has 8 aliphatic heterocycles. The van der Waals surface area contributed by atoms with Gasteiger partial charge in [-0.3, -0.25) is 39.0 Å². The molecule has 0 amide bonds. The van der Waals surface area contributed by atoms with Crippen molar-refractivity contribution in [3.63, 3.8) is 0 Å². The smallest absolute Gasteiger partial charge is 0.465 e. The predicted octanol–water partition coefficient (Wildman–Crippen LogP) is 16.3. The minimum absolute atomic E-state index is 0.129. The number of carbonyl (C=O) groups excluding carboxylic acids is 8. The van der Waals surface area contributed by atoms with E-state index in [1.807, 2.05) is 236 Å². The van der Waals surface area contributed by atoms with Gasteiger partial charge in [0.2, 0.25) is 0 Å². The van der Waals surface area contributed by atoms with Crippen molar-refractivity contribution in [1.29, 1.82) is 0 Å². The lowest BCUT2D eigenvalue weighted by molar-refractivity contribution is -0.337. The van der Waals surface area contributed by atoms with Crippen molar-refractivity contribution in [2.45, 2.75) is 437 Å². The molecule has 0 aromatic rings. The first kappa shape index (κ1) is 103. The van der Waals surface area contributed by atoms with Crippen molar-refractivity contribution >= 4 is 48.9 Å². The highest BCUT2D eigenvalue weighted by atomic mass is 17.0. The van der Waals surface area contributed by atoms with Crippen LogP contribution in [0.3, 0.4) is 0 Å². The van der Waals surface area contributed by atoms with Crippen molar-refractivity contribution in [2.24, 2.45) is 16.2 Å². The van der Waals surface area contributed by atoms with Crippen LogP contribution in [-0.4, -0.2) is 288 Å². The monoisotopic (exact) mass is 1750 g/mol. The summed E-state index contributed by atoms with van der Waals surface area (Å²) in [4.78, 5) is 128. The molecule has 0 atom stereocenters. The molecule has 708 valence electrons. The molecule has 8 saturated heterocycles. The van der Waals surface area contributed by atoms with Crippen LogP contribution in [-0.2, 0) is 94.9 Å². The number of likely N-dealkylation sites (tertiary alicyclic amines) is 6. The lowest BCUT2D eigenvalue weighted by Gasteiger charge is -2.53. The summed E-state index contributed by atoms with van der Waals surface area (Å²) in [5.74, 6) is -7.14. The standard InChI is InChI=1S/C91H158N6O26/c1-75(2,53-106-65(98)37-35-39-90(118-69(100)112-59-41-77(5,6)92(29)78(7,8)42-59,119-70(101)113-60-43-79(9,10)93(30)80(11,12)44-60)120-71(102)114-61-45-81(13,14)94(31)82(15,16)46-61)67-108-55-89(56-109-67)57-110-68(111-58-89)76(3,4)54-107-66(99)38-36-40-91(121-72(103)115-62-47-83(17,18)95(32)84(19,20)48-62,122-73(104)116-63-49-85(21,22)96(33)86(23,24)50-63)123-74(105)117-64-51-87(25,26)97(34)88(27,28)52-64/h59-64,67-68H,35-58H2,1-34H3. The largest absolute Gasteiger partial charge is 0.514 e. The molecule has 32 heteroatoms. The summed E-state index contributed by atoms with van der Waals surface area (Å²) in [6.45, 7) is 56.4. The van der Waals surface area contributed by atoms with E-state index in [1.54, 1.807) is 0 Å². The summed E-state index contributed by atoms with van der Waals surface area (Å²) in [5.41, 5.74) is -7.69. The number of carbonyl (C=O) groups is 8. The minimum atomic E-state index is -2.87. The third-order valence-electron chi connectivity index (χ3n) is 29.0. The molecule has 0 bridgehead atoms. The molecule has 0 aromatic carbocycles. The van der Waals surface area contributed by atoms with Crippen molar-refractivity contribution in [1.82, 2.24) is 29.4 Å². The maximum absolute atomic E-state index is 14.4. The second-order valence-corrected chi connectivity index (χ2v) is 45.9. The van der Waals surface area contributed by atoms with Gasteiger partial charge in [-0.2, -0.15) is 0 Å². The number of rotatable bonds is 26. The van der Waals surface area contributed by atoms with Crippen LogP contribution in [0.5, 0.6) is 0 Å². The molecule has 0 saturated carbocycles. The van der Waals surface area contributed by atoms with Crippen LogP contribution in [0.25, 0.3) is 0 Å². The molecule has 8 heterocycles. The van der Waals surface area contributed by atoms with Crippen LogP contribution in [0, 0.1) is 16.2 Å². The van der Waals surface area contributed by atoms with E-state index in [9.17, 15) is 38.4 Å². The summed E-state index contributed by atoms with van der Waals surface area (Å²) < 4.78 is 110. The van der Waals surface area contributed by atoms with E-state index in [1.165, 1.54) is 0 Å². The normalized spacial score (nSPS) is 27.2. The van der Waals surface area contributed by atoms with Crippen LogP contribution < -0.4 is 0 Å². The summed E-state index contributed by atoms with van der Waals surface area (Å²) in [7, 11) is 12.1. The van der Waals surface area contributed by atoms with Gasteiger partial charge in [0.25, 0.3) is 0 Å². The van der Waals surface area contributed by atoms with Gasteiger partial charge in [-0.1, -0.05) is 27.7 Å². The Kier molecular flexibility index (Phi) is 30.8. The topological polar surface area (TPSA) is 322 Å². The molecular formula is C91H158N6O26. The Bertz CT molecular complexity index is 3070. The summed E-state index contributed by atoms with van der Waals surface area (Å²) in [6, 6.07) is 0. The van der Waals surface area contributed by atoms with Gasteiger partial charge in [-0.25, -0.2) is 28.8 Å². The molecule has 32 nitrogen and oxygen atoms in total. The second kappa shape index (κ2) is 37.0. The third kappa shape index (κ3) is 25.8. The first-order valence-corrected chi connectivity index (χ1v) is 44.4. The van der Waals surface area contributed by atoms with Crippen molar-refractivity contribution in [3.8, 4) is 0 Å². The van der Waals surface area contributed by atoms with Gasteiger partial charge in [-0.15, -0.1) is 0 Å². The molecule has 123 heavy (non-hydrogen) atoms. The lowest BCUT2D eigenvalue weighted by atomic mass is 9.79. The van der Waals surface area contributed by atoms with E-state index in [0.717, 1.165) is 0 Å². The lowest BCUT2D eigenvalue weighted by Crippen LogP contribution is -2.61. The van der Waals surface area contributed by atoms with Gasteiger partial charge in [0.1, 0.15) is 49.8 Å². The van der Waals surface area contributed by atoms with Gasteiger partial charge in [0.05, 0.1) is 44.7 Å². The summed E-state index contributed by atoms with van der Waals surface area (Å²) in [6.07, 6.45) is -10.8. The Morgan fingerprint density at radius 1 is 0.276 bits per heavy atom. The quantitative estimate of drug-likeness (QED) is 0.0441. The first-order valence-electron chi connectivity index (χ1n) is 44.4. The highest BCUT2D eigenvalue weighted by Gasteiger charge is 2.57. The zero-order valence-corrected chi connectivity index (χ0v) is 81.4. The number of piperidine rings is 6. The molecule has 8 rings (SSSR count). The number of hydrogen-bond acceptors (Lipinski definition) is 32. The van der Waals surface area contributed by atoms with Crippen LogP contribution >= 0.6 is 0 Å². The zero-order chi connectivity index (χ0) is 92.9.